The molecule has 0 spiro atoms. The Bertz CT molecular complexity index is 458. The maximum atomic E-state index is 12.2. The molecule has 1 aromatic heterocycles. The monoisotopic (exact) mass is 280 g/mol. The minimum atomic E-state index is -0.103. The van der Waals surface area contributed by atoms with Gasteiger partial charge in [0.25, 0.3) is 0 Å². The second kappa shape index (κ2) is 6.74. The number of anilines is 1. The van der Waals surface area contributed by atoms with Crippen molar-refractivity contribution in [3.63, 3.8) is 0 Å². The third-order valence-electron chi connectivity index (χ3n) is 3.74. The van der Waals surface area contributed by atoms with Crippen molar-refractivity contribution in [3.8, 4) is 0 Å². The lowest BCUT2D eigenvalue weighted by molar-refractivity contribution is 0.136. The number of aryl methyl sites for hydroxylation is 2. The topological polar surface area (TPSA) is 70.4 Å². The van der Waals surface area contributed by atoms with Crippen LogP contribution in [0.1, 0.15) is 31.9 Å². The van der Waals surface area contributed by atoms with E-state index in [-0.39, 0.29) is 18.6 Å². The number of aliphatic hydroxyl groups is 1. The first-order valence-electron chi connectivity index (χ1n) is 7.33. The van der Waals surface area contributed by atoms with Gasteiger partial charge in [0.2, 0.25) is 0 Å². The number of hydrogen-bond acceptors (Lipinski definition) is 3. The zero-order valence-electron chi connectivity index (χ0n) is 12.3. The number of urea groups is 1. The first kappa shape index (κ1) is 14.8. The summed E-state index contributed by atoms with van der Waals surface area (Å²) in [6, 6.07) is 1.82. The standard InChI is InChI=1S/C14H24N4O2/c1-3-5-12-8-13(17(2)16-12)15-14(20)18-7-4-6-11(9-18)10-19/h8,11,19H,3-7,9-10H2,1-2H3,(H,15,20). The summed E-state index contributed by atoms with van der Waals surface area (Å²) in [5.74, 6) is 0.932. The van der Waals surface area contributed by atoms with E-state index in [4.69, 9.17) is 0 Å². The normalized spacial score (nSPS) is 19.1. The van der Waals surface area contributed by atoms with Crippen LogP contribution >= 0.6 is 0 Å². The average Bonchev–Trinajstić information content (AvgIpc) is 2.79. The molecule has 20 heavy (non-hydrogen) atoms. The third-order valence-corrected chi connectivity index (χ3v) is 3.74. The molecule has 1 atom stereocenters. The Hall–Kier alpha value is -1.56. The first-order valence-corrected chi connectivity index (χ1v) is 7.33. The van der Waals surface area contributed by atoms with Gasteiger partial charge in [0.15, 0.2) is 0 Å². The average molecular weight is 280 g/mol. The Morgan fingerprint density at radius 2 is 2.40 bits per heavy atom. The van der Waals surface area contributed by atoms with Crippen LogP contribution in [-0.4, -0.2) is 45.5 Å². The van der Waals surface area contributed by atoms with Crippen molar-refractivity contribution in [2.75, 3.05) is 25.0 Å². The van der Waals surface area contributed by atoms with Crippen molar-refractivity contribution < 1.29 is 9.90 Å². The molecular formula is C14H24N4O2. The quantitative estimate of drug-likeness (QED) is 0.880. The fraction of sp³-hybridized carbons (Fsp3) is 0.714. The summed E-state index contributed by atoms with van der Waals surface area (Å²) in [5, 5.41) is 16.5. The Labute approximate surface area is 119 Å². The number of likely N-dealkylation sites (tertiary alicyclic amines) is 1. The van der Waals surface area contributed by atoms with Crippen molar-refractivity contribution in [1.82, 2.24) is 14.7 Å². The summed E-state index contributed by atoms with van der Waals surface area (Å²) in [6.45, 7) is 3.63. The lowest BCUT2D eigenvalue weighted by atomic mass is 9.99. The lowest BCUT2D eigenvalue weighted by Gasteiger charge is -2.31. The minimum Gasteiger partial charge on any atom is -0.396 e. The van der Waals surface area contributed by atoms with Gasteiger partial charge in [-0.25, -0.2) is 4.79 Å². The molecule has 1 aromatic rings. The van der Waals surface area contributed by atoms with Gasteiger partial charge in [-0.3, -0.25) is 10.00 Å². The second-order valence-electron chi connectivity index (χ2n) is 5.46. The molecule has 2 amide bonds. The number of amides is 2. The van der Waals surface area contributed by atoms with Crippen molar-refractivity contribution in [2.24, 2.45) is 13.0 Å². The number of aromatic nitrogens is 2. The van der Waals surface area contributed by atoms with E-state index in [0.717, 1.165) is 43.7 Å². The highest BCUT2D eigenvalue weighted by atomic mass is 16.3. The molecule has 6 nitrogen and oxygen atoms in total. The van der Waals surface area contributed by atoms with Crippen LogP contribution in [0.15, 0.2) is 6.07 Å². The van der Waals surface area contributed by atoms with Gasteiger partial charge in [-0.15, -0.1) is 0 Å². The van der Waals surface area contributed by atoms with Crippen LogP contribution in [0.3, 0.4) is 0 Å². The molecule has 0 aliphatic carbocycles. The summed E-state index contributed by atoms with van der Waals surface area (Å²) in [6.07, 6.45) is 3.90. The molecule has 1 unspecified atom stereocenters. The van der Waals surface area contributed by atoms with Gasteiger partial charge >= 0.3 is 6.03 Å². The van der Waals surface area contributed by atoms with Gasteiger partial charge in [0.1, 0.15) is 5.82 Å². The van der Waals surface area contributed by atoms with E-state index in [2.05, 4.69) is 17.3 Å². The molecule has 0 bridgehead atoms. The van der Waals surface area contributed by atoms with E-state index in [9.17, 15) is 9.90 Å². The second-order valence-corrected chi connectivity index (χ2v) is 5.46. The number of rotatable bonds is 4. The number of carbonyl (C=O) groups is 1. The van der Waals surface area contributed by atoms with E-state index in [0.29, 0.717) is 6.54 Å². The number of hydrogen-bond donors (Lipinski definition) is 2. The summed E-state index contributed by atoms with van der Waals surface area (Å²) in [5.41, 5.74) is 0.997. The number of piperidine rings is 1. The Morgan fingerprint density at radius 3 is 3.10 bits per heavy atom. The highest BCUT2D eigenvalue weighted by molar-refractivity contribution is 5.88. The van der Waals surface area contributed by atoms with Crippen molar-refractivity contribution >= 4 is 11.8 Å². The molecular weight excluding hydrogens is 256 g/mol. The van der Waals surface area contributed by atoms with Crippen LogP contribution in [0.2, 0.25) is 0 Å². The fourth-order valence-electron chi connectivity index (χ4n) is 2.61. The summed E-state index contributed by atoms with van der Waals surface area (Å²) in [7, 11) is 1.83. The smallest absolute Gasteiger partial charge is 0.323 e. The molecule has 2 N–H and O–H groups in total. The van der Waals surface area contributed by atoms with E-state index in [1.54, 1.807) is 9.58 Å². The lowest BCUT2D eigenvalue weighted by Crippen LogP contribution is -2.43. The molecule has 2 rings (SSSR count). The van der Waals surface area contributed by atoms with Gasteiger partial charge in [-0.05, 0) is 25.2 Å². The molecule has 1 aliphatic heterocycles. The van der Waals surface area contributed by atoms with Crippen molar-refractivity contribution in [2.45, 2.75) is 32.6 Å². The summed E-state index contributed by atoms with van der Waals surface area (Å²) >= 11 is 0. The Morgan fingerprint density at radius 1 is 1.60 bits per heavy atom. The maximum absolute atomic E-state index is 12.2. The van der Waals surface area contributed by atoms with Gasteiger partial charge in [-0.1, -0.05) is 13.3 Å². The minimum absolute atomic E-state index is 0.103. The largest absolute Gasteiger partial charge is 0.396 e. The van der Waals surface area contributed by atoms with Gasteiger partial charge < -0.3 is 10.0 Å². The number of nitrogens with one attached hydrogen (secondary N) is 1. The van der Waals surface area contributed by atoms with Crippen LogP contribution in [0.5, 0.6) is 0 Å². The molecule has 1 aliphatic rings. The van der Waals surface area contributed by atoms with Crippen molar-refractivity contribution in [1.29, 1.82) is 0 Å². The van der Waals surface area contributed by atoms with Crippen LogP contribution in [0.4, 0.5) is 10.6 Å². The van der Waals surface area contributed by atoms with Crippen molar-refractivity contribution in [3.05, 3.63) is 11.8 Å². The van der Waals surface area contributed by atoms with Gasteiger partial charge in [0, 0.05) is 32.8 Å². The van der Waals surface area contributed by atoms with Crippen LogP contribution in [0.25, 0.3) is 0 Å². The summed E-state index contributed by atoms with van der Waals surface area (Å²) in [4.78, 5) is 14.0. The van der Waals surface area contributed by atoms with Crippen LogP contribution in [0, 0.1) is 5.92 Å². The predicted octanol–water partition coefficient (Wildman–Crippen LogP) is 1.61. The molecule has 0 radical (unpaired) electrons. The fourth-order valence-corrected chi connectivity index (χ4v) is 2.61. The maximum Gasteiger partial charge on any atom is 0.323 e. The molecule has 6 heteroatoms. The number of carbonyl (C=O) groups excluding carboxylic acids is 1. The van der Waals surface area contributed by atoms with Crippen LogP contribution < -0.4 is 5.32 Å². The third kappa shape index (κ3) is 3.50. The Kier molecular flexibility index (Phi) is 5.00. The first-order chi connectivity index (χ1) is 9.63. The molecule has 1 saturated heterocycles. The Balaban J connectivity index is 1.96. The molecule has 1 fully saturated rings. The highest BCUT2D eigenvalue weighted by Crippen LogP contribution is 2.17. The molecule has 0 aromatic carbocycles. The summed E-state index contributed by atoms with van der Waals surface area (Å²) < 4.78 is 1.70. The number of aliphatic hydroxyl groups excluding tert-OH is 1. The number of nitrogens with zero attached hydrogens (tertiary/aromatic N) is 3. The van der Waals surface area contributed by atoms with Gasteiger partial charge in [0.05, 0.1) is 5.69 Å². The van der Waals surface area contributed by atoms with Gasteiger partial charge in [-0.2, -0.15) is 5.10 Å². The molecule has 112 valence electrons. The zero-order valence-corrected chi connectivity index (χ0v) is 12.3. The highest BCUT2D eigenvalue weighted by Gasteiger charge is 2.23. The SMILES string of the molecule is CCCc1cc(NC(=O)N2CCCC(CO)C2)n(C)n1. The van der Waals surface area contributed by atoms with E-state index >= 15 is 0 Å². The molecule has 0 saturated carbocycles. The zero-order chi connectivity index (χ0) is 14.5. The van der Waals surface area contributed by atoms with E-state index < -0.39 is 0 Å². The van der Waals surface area contributed by atoms with E-state index in [1.165, 1.54) is 0 Å². The molecule has 2 heterocycles. The van der Waals surface area contributed by atoms with Crippen LogP contribution in [-0.2, 0) is 13.5 Å². The van der Waals surface area contributed by atoms with E-state index in [1.807, 2.05) is 13.1 Å². The predicted molar refractivity (Wildman–Crippen MR) is 77.6 cm³/mol.